The molecule has 0 atom stereocenters. The van der Waals surface area contributed by atoms with Crippen LogP contribution in [0.2, 0.25) is 0 Å². The number of rotatable bonds is 4. The zero-order valence-corrected chi connectivity index (χ0v) is 38.8. The van der Waals surface area contributed by atoms with Crippen LogP contribution in [-0.4, -0.2) is 0 Å². The van der Waals surface area contributed by atoms with E-state index >= 15 is 0 Å². The first-order chi connectivity index (χ1) is 33.3. The summed E-state index contributed by atoms with van der Waals surface area (Å²) in [5.41, 5.74) is 20.8. The Hall–Kier alpha value is -8.06. The molecule has 0 aromatic heterocycles. The quantitative estimate of drug-likeness (QED) is 0.155. The second kappa shape index (κ2) is 14.2. The summed E-state index contributed by atoms with van der Waals surface area (Å²) in [6.07, 6.45) is 0. The Bertz CT molecular complexity index is 4080. The SMILES string of the molecule is CC1(C)c2ccccc2-c2ccc(-c3c4ccccc4c(-c4ccc5c(c4)C(C)(C)c4ccccc4-5)c4cc(-c5c6ccccc6c(-c6ccc7ccccc7c6)c6ccccc56)ccc34)cc21. The molecule has 0 spiro atoms. The summed E-state index contributed by atoms with van der Waals surface area (Å²) in [5.74, 6) is 0. The third-order valence-electron chi connectivity index (χ3n) is 16.0. The molecular formula is C68H48. The van der Waals surface area contributed by atoms with E-state index in [9.17, 15) is 0 Å². The van der Waals surface area contributed by atoms with Crippen molar-refractivity contribution in [2.75, 3.05) is 0 Å². The summed E-state index contributed by atoms with van der Waals surface area (Å²) in [6, 6.07) is 82.9. The molecule has 0 saturated carbocycles. The molecule has 0 nitrogen and oxygen atoms in total. The molecule has 0 fully saturated rings. The number of benzene rings is 12. The fourth-order valence-electron chi connectivity index (χ4n) is 12.8. The van der Waals surface area contributed by atoms with E-state index in [1.165, 1.54) is 143 Å². The molecule has 0 heteroatoms. The summed E-state index contributed by atoms with van der Waals surface area (Å²) in [6.45, 7) is 9.57. The maximum absolute atomic E-state index is 2.53. The Morgan fingerprint density at radius 1 is 0.221 bits per heavy atom. The van der Waals surface area contributed by atoms with Crippen molar-refractivity contribution in [1.82, 2.24) is 0 Å². The molecule has 14 rings (SSSR count). The van der Waals surface area contributed by atoms with Gasteiger partial charge in [0.25, 0.3) is 0 Å². The summed E-state index contributed by atoms with van der Waals surface area (Å²) in [4.78, 5) is 0. The van der Waals surface area contributed by atoms with Crippen molar-refractivity contribution < 1.29 is 0 Å². The molecule has 68 heavy (non-hydrogen) atoms. The van der Waals surface area contributed by atoms with Gasteiger partial charge in [0.15, 0.2) is 0 Å². The van der Waals surface area contributed by atoms with Crippen LogP contribution in [0, 0.1) is 0 Å². The number of hydrogen-bond acceptors (Lipinski definition) is 0. The minimum absolute atomic E-state index is 0.115. The zero-order valence-electron chi connectivity index (χ0n) is 38.8. The molecule has 0 N–H and O–H groups in total. The lowest BCUT2D eigenvalue weighted by molar-refractivity contribution is 0.660. The van der Waals surface area contributed by atoms with Gasteiger partial charge < -0.3 is 0 Å². The highest BCUT2D eigenvalue weighted by molar-refractivity contribution is 6.25. The van der Waals surface area contributed by atoms with Gasteiger partial charge in [0, 0.05) is 10.8 Å². The van der Waals surface area contributed by atoms with Crippen LogP contribution in [0.5, 0.6) is 0 Å². The summed E-state index contributed by atoms with van der Waals surface area (Å²) >= 11 is 0. The molecule has 12 aromatic carbocycles. The highest BCUT2D eigenvalue weighted by Crippen LogP contribution is 2.54. The molecule has 0 bridgehead atoms. The van der Waals surface area contributed by atoms with Crippen LogP contribution < -0.4 is 0 Å². The van der Waals surface area contributed by atoms with E-state index in [-0.39, 0.29) is 10.8 Å². The molecule has 0 amide bonds. The fraction of sp³-hybridized carbons (Fsp3) is 0.0882. The van der Waals surface area contributed by atoms with Gasteiger partial charge in [-0.25, -0.2) is 0 Å². The van der Waals surface area contributed by atoms with Crippen LogP contribution in [0.4, 0.5) is 0 Å². The Kier molecular flexibility index (Phi) is 8.19. The Morgan fingerprint density at radius 2 is 0.544 bits per heavy atom. The van der Waals surface area contributed by atoms with Crippen LogP contribution in [0.1, 0.15) is 49.9 Å². The van der Waals surface area contributed by atoms with E-state index in [1.807, 2.05) is 0 Å². The molecule has 320 valence electrons. The van der Waals surface area contributed by atoms with E-state index in [0.717, 1.165) is 0 Å². The molecule has 0 saturated heterocycles. The van der Waals surface area contributed by atoms with Crippen LogP contribution >= 0.6 is 0 Å². The van der Waals surface area contributed by atoms with Gasteiger partial charge in [0.2, 0.25) is 0 Å². The van der Waals surface area contributed by atoms with E-state index in [0.29, 0.717) is 0 Å². The van der Waals surface area contributed by atoms with Crippen LogP contribution in [-0.2, 0) is 10.8 Å². The van der Waals surface area contributed by atoms with Crippen molar-refractivity contribution in [1.29, 1.82) is 0 Å². The minimum atomic E-state index is -0.127. The summed E-state index contributed by atoms with van der Waals surface area (Å²) in [7, 11) is 0. The highest BCUT2D eigenvalue weighted by Gasteiger charge is 2.37. The standard InChI is InChI=1S/C68H48/c1-67(2)59-27-15-13-19-47(59)49-34-31-45(39-61(49)67)65-55-25-11-12-26-56(55)66(46-32-35-50-48-20-14-16-28-60(48)68(3,4)62(50)40-46)58-38-44(33-36-57(58)65)64-53-23-9-7-21-51(53)63(52-22-8-10-24-54(52)64)43-30-29-41-17-5-6-18-42(41)37-43/h5-40H,1-4H3. The van der Waals surface area contributed by atoms with Gasteiger partial charge in [-0.2, -0.15) is 0 Å². The van der Waals surface area contributed by atoms with E-state index < -0.39 is 0 Å². The Morgan fingerprint density at radius 3 is 1.03 bits per heavy atom. The molecule has 0 heterocycles. The lowest BCUT2D eigenvalue weighted by atomic mass is 9.79. The minimum Gasteiger partial charge on any atom is -0.0619 e. The number of hydrogen-bond donors (Lipinski definition) is 0. The molecule has 2 aliphatic rings. The van der Waals surface area contributed by atoms with E-state index in [4.69, 9.17) is 0 Å². The van der Waals surface area contributed by atoms with Crippen LogP contribution in [0.3, 0.4) is 0 Å². The molecule has 12 aromatic rings. The third kappa shape index (κ3) is 5.43. The number of fused-ring (bicyclic) bond motifs is 11. The van der Waals surface area contributed by atoms with Gasteiger partial charge in [-0.05, 0) is 167 Å². The van der Waals surface area contributed by atoms with Gasteiger partial charge >= 0.3 is 0 Å². The topological polar surface area (TPSA) is 0 Å². The predicted molar refractivity (Wildman–Crippen MR) is 291 cm³/mol. The second-order valence-electron chi connectivity index (χ2n) is 20.3. The molecular weight excluding hydrogens is 817 g/mol. The normalized spacial score (nSPS) is 14.1. The lowest BCUT2D eigenvalue weighted by Crippen LogP contribution is -2.15. The molecule has 0 radical (unpaired) electrons. The largest absolute Gasteiger partial charge is 0.0619 e. The first kappa shape index (κ1) is 39.1. The van der Waals surface area contributed by atoms with Crippen molar-refractivity contribution in [3.8, 4) is 66.8 Å². The average molecular weight is 865 g/mol. The summed E-state index contributed by atoms with van der Waals surface area (Å²) < 4.78 is 0. The predicted octanol–water partition coefficient (Wildman–Crippen LogP) is 18.7. The van der Waals surface area contributed by atoms with Crippen molar-refractivity contribution >= 4 is 53.9 Å². The lowest BCUT2D eigenvalue weighted by Gasteiger charge is -2.24. The highest BCUT2D eigenvalue weighted by atomic mass is 14.4. The third-order valence-corrected chi connectivity index (χ3v) is 16.0. The summed E-state index contributed by atoms with van der Waals surface area (Å²) in [5, 5.41) is 12.6. The van der Waals surface area contributed by atoms with Gasteiger partial charge in [0.1, 0.15) is 0 Å². The second-order valence-corrected chi connectivity index (χ2v) is 20.3. The van der Waals surface area contributed by atoms with Crippen molar-refractivity contribution in [2.45, 2.75) is 38.5 Å². The monoisotopic (exact) mass is 864 g/mol. The molecule has 2 aliphatic carbocycles. The van der Waals surface area contributed by atoms with Gasteiger partial charge in [-0.15, -0.1) is 0 Å². The van der Waals surface area contributed by atoms with E-state index in [2.05, 4.69) is 246 Å². The first-order valence-corrected chi connectivity index (χ1v) is 24.2. The van der Waals surface area contributed by atoms with Gasteiger partial charge in [0.05, 0.1) is 0 Å². The van der Waals surface area contributed by atoms with Gasteiger partial charge in [-0.3, -0.25) is 0 Å². The van der Waals surface area contributed by atoms with Crippen molar-refractivity contribution in [3.05, 3.63) is 241 Å². The Balaban J connectivity index is 1.07. The first-order valence-electron chi connectivity index (χ1n) is 24.2. The average Bonchev–Trinajstić information content (AvgIpc) is 3.75. The van der Waals surface area contributed by atoms with E-state index in [1.54, 1.807) is 0 Å². The van der Waals surface area contributed by atoms with Crippen molar-refractivity contribution in [2.24, 2.45) is 0 Å². The molecule has 0 unspecified atom stereocenters. The molecule has 0 aliphatic heterocycles. The van der Waals surface area contributed by atoms with Crippen LogP contribution in [0.25, 0.3) is 121 Å². The fourth-order valence-corrected chi connectivity index (χ4v) is 12.8. The zero-order chi connectivity index (χ0) is 45.5. The Labute approximate surface area is 397 Å². The van der Waals surface area contributed by atoms with Crippen molar-refractivity contribution in [3.63, 3.8) is 0 Å². The smallest absolute Gasteiger partial charge is 0.0159 e. The van der Waals surface area contributed by atoms with Gasteiger partial charge in [-0.1, -0.05) is 222 Å². The maximum Gasteiger partial charge on any atom is 0.0159 e. The van der Waals surface area contributed by atoms with Crippen LogP contribution in [0.15, 0.2) is 218 Å². The maximum atomic E-state index is 2.53.